The average Bonchev–Trinajstić information content (AvgIpc) is 2.38. The van der Waals surface area contributed by atoms with Crippen LogP contribution in [0, 0.1) is 10.8 Å². The number of rotatable bonds is 0. The highest BCUT2D eigenvalue weighted by Crippen LogP contribution is 1.97. The summed E-state index contributed by atoms with van der Waals surface area (Å²) in [6, 6.07) is 0. The Balaban J connectivity index is 2.48. The quantitative estimate of drug-likeness (QED) is 0.417. The number of amides is 1. The van der Waals surface area contributed by atoms with Gasteiger partial charge in [0.05, 0.1) is 0 Å². The van der Waals surface area contributed by atoms with E-state index >= 15 is 0 Å². The molecule has 1 rings (SSSR count). The predicted molar refractivity (Wildman–Crippen MR) is 42.4 cm³/mol. The first kappa shape index (κ1) is 7.36. The molecule has 3 heteroatoms. The van der Waals surface area contributed by atoms with Gasteiger partial charge in [0.25, 0.3) is 5.91 Å². The number of halogens is 1. The Hall–Kier alpha value is -0.750. The minimum Gasteiger partial charge on any atom is -0.324 e. The normalized spacial score (nSPS) is 14.7. The zero-order valence-corrected chi connectivity index (χ0v) is 6.89. The van der Waals surface area contributed by atoms with Crippen LogP contribution in [0.15, 0.2) is 12.2 Å². The van der Waals surface area contributed by atoms with Crippen molar-refractivity contribution in [3.63, 3.8) is 0 Å². The van der Waals surface area contributed by atoms with Crippen molar-refractivity contribution < 1.29 is 4.79 Å². The molecule has 52 valence electrons. The van der Waals surface area contributed by atoms with Crippen LogP contribution in [0.2, 0.25) is 0 Å². The fraction of sp³-hybridized carbons (Fsp3) is 0.286. The molecule has 1 aliphatic rings. The highest BCUT2D eigenvalue weighted by Gasteiger charge is 2.10. The highest BCUT2D eigenvalue weighted by atomic mass is 79.9. The number of hydrogen-bond acceptors (Lipinski definition) is 1. The van der Waals surface area contributed by atoms with Crippen molar-refractivity contribution in [1.29, 1.82) is 0 Å². The van der Waals surface area contributed by atoms with E-state index in [0.29, 0.717) is 13.1 Å². The third kappa shape index (κ3) is 1.61. The van der Waals surface area contributed by atoms with Crippen molar-refractivity contribution in [1.82, 2.24) is 4.90 Å². The average molecular weight is 200 g/mol. The smallest absolute Gasteiger partial charge is 0.299 e. The second kappa shape index (κ2) is 3.43. The molecule has 0 atom stereocenters. The van der Waals surface area contributed by atoms with Gasteiger partial charge in [0.1, 0.15) is 0 Å². The standard InChI is InChI=1S/C7H6BrNO/c8-4-3-7(10)9-5-1-2-6-9/h1-2H,5-6H2. The van der Waals surface area contributed by atoms with E-state index in [4.69, 9.17) is 0 Å². The van der Waals surface area contributed by atoms with Gasteiger partial charge < -0.3 is 4.90 Å². The minimum atomic E-state index is -0.123. The van der Waals surface area contributed by atoms with Gasteiger partial charge in [0.15, 0.2) is 0 Å². The second-order valence-corrected chi connectivity index (χ2v) is 2.30. The van der Waals surface area contributed by atoms with Crippen molar-refractivity contribution in [2.45, 2.75) is 0 Å². The number of hydrogen-bond donors (Lipinski definition) is 0. The molecular weight excluding hydrogens is 194 g/mol. The van der Waals surface area contributed by atoms with Gasteiger partial charge in [-0.2, -0.15) is 0 Å². The molecule has 0 aliphatic carbocycles. The van der Waals surface area contributed by atoms with Crippen LogP contribution in [-0.2, 0) is 4.79 Å². The van der Waals surface area contributed by atoms with Gasteiger partial charge in [-0.25, -0.2) is 0 Å². The number of carbonyl (C=O) groups excluding carboxylic acids is 1. The predicted octanol–water partition coefficient (Wildman–Crippen LogP) is 0.741. The zero-order valence-electron chi connectivity index (χ0n) is 5.30. The summed E-state index contributed by atoms with van der Waals surface area (Å²) in [5.74, 6) is 2.28. The van der Waals surface area contributed by atoms with Gasteiger partial charge in [0, 0.05) is 34.9 Å². The van der Waals surface area contributed by atoms with Crippen LogP contribution in [0.4, 0.5) is 0 Å². The molecule has 1 aliphatic heterocycles. The summed E-state index contributed by atoms with van der Waals surface area (Å²) in [6.45, 7) is 1.39. The number of nitrogens with zero attached hydrogens (tertiary/aromatic N) is 1. The van der Waals surface area contributed by atoms with E-state index in [0.717, 1.165) is 0 Å². The molecule has 0 aromatic heterocycles. The van der Waals surface area contributed by atoms with Crippen molar-refractivity contribution in [3.8, 4) is 10.8 Å². The summed E-state index contributed by atoms with van der Waals surface area (Å²) in [7, 11) is 0. The lowest BCUT2D eigenvalue weighted by Gasteiger charge is -2.09. The van der Waals surface area contributed by atoms with Crippen LogP contribution in [0.3, 0.4) is 0 Å². The topological polar surface area (TPSA) is 20.3 Å². The minimum absolute atomic E-state index is 0.123. The zero-order chi connectivity index (χ0) is 7.40. The van der Waals surface area contributed by atoms with Gasteiger partial charge in [0.2, 0.25) is 0 Å². The summed E-state index contributed by atoms with van der Waals surface area (Å²) < 4.78 is 0. The first-order chi connectivity index (χ1) is 4.84. The Bertz CT molecular complexity index is 215. The second-order valence-electron chi connectivity index (χ2n) is 1.90. The lowest BCUT2D eigenvalue weighted by molar-refractivity contribution is -0.123. The lowest BCUT2D eigenvalue weighted by Crippen LogP contribution is -2.26. The highest BCUT2D eigenvalue weighted by molar-refractivity contribution is 9.12. The molecule has 0 spiro atoms. The Labute approximate surface area is 68.0 Å². The van der Waals surface area contributed by atoms with Gasteiger partial charge in [-0.1, -0.05) is 12.2 Å². The maximum absolute atomic E-state index is 10.9. The summed E-state index contributed by atoms with van der Waals surface area (Å²) in [4.78, 5) is 15.0. The van der Waals surface area contributed by atoms with Gasteiger partial charge in [-0.05, 0) is 4.83 Å². The summed E-state index contributed by atoms with van der Waals surface area (Å²) in [5, 5.41) is 0. The van der Waals surface area contributed by atoms with Crippen molar-refractivity contribution in [3.05, 3.63) is 12.2 Å². The fourth-order valence-corrected chi connectivity index (χ4v) is 0.933. The van der Waals surface area contributed by atoms with Crippen LogP contribution >= 0.6 is 15.9 Å². The Morgan fingerprint density at radius 2 is 2.10 bits per heavy atom. The maximum atomic E-state index is 10.9. The van der Waals surface area contributed by atoms with Gasteiger partial charge in [-0.15, -0.1) is 0 Å². The molecule has 1 heterocycles. The Morgan fingerprint density at radius 3 is 2.60 bits per heavy atom. The van der Waals surface area contributed by atoms with Crippen molar-refractivity contribution in [2.24, 2.45) is 0 Å². The SMILES string of the molecule is O=C(C#CBr)N1CC=CC1. The molecule has 0 saturated heterocycles. The van der Waals surface area contributed by atoms with E-state index in [-0.39, 0.29) is 5.91 Å². The third-order valence-corrected chi connectivity index (χ3v) is 1.46. The van der Waals surface area contributed by atoms with Crippen LogP contribution in [0.5, 0.6) is 0 Å². The molecule has 0 aromatic rings. The molecule has 0 aromatic carbocycles. The molecular formula is C7H6BrNO. The summed E-state index contributed by atoms with van der Waals surface area (Å²) in [5.41, 5.74) is 0. The molecule has 1 amide bonds. The van der Waals surface area contributed by atoms with E-state index in [9.17, 15) is 4.79 Å². The van der Waals surface area contributed by atoms with Gasteiger partial charge in [-0.3, -0.25) is 4.79 Å². The maximum Gasteiger partial charge on any atom is 0.299 e. The fourth-order valence-electron chi connectivity index (χ4n) is 0.763. The van der Waals surface area contributed by atoms with Crippen LogP contribution in [0.25, 0.3) is 0 Å². The first-order valence-electron chi connectivity index (χ1n) is 2.90. The van der Waals surface area contributed by atoms with E-state index < -0.39 is 0 Å². The molecule has 0 N–H and O–H groups in total. The van der Waals surface area contributed by atoms with E-state index in [2.05, 4.69) is 26.7 Å². The molecule has 2 nitrogen and oxygen atoms in total. The molecule has 0 unspecified atom stereocenters. The first-order valence-corrected chi connectivity index (χ1v) is 3.69. The Kier molecular flexibility index (Phi) is 2.52. The third-order valence-electron chi connectivity index (χ3n) is 1.26. The molecule has 0 bridgehead atoms. The lowest BCUT2D eigenvalue weighted by atomic mass is 10.5. The Morgan fingerprint density at radius 1 is 1.50 bits per heavy atom. The van der Waals surface area contributed by atoms with E-state index in [1.54, 1.807) is 4.90 Å². The van der Waals surface area contributed by atoms with E-state index in [1.807, 2.05) is 12.2 Å². The largest absolute Gasteiger partial charge is 0.324 e. The summed E-state index contributed by atoms with van der Waals surface area (Å²) in [6.07, 6.45) is 3.90. The molecule has 0 saturated carbocycles. The van der Waals surface area contributed by atoms with Crippen LogP contribution in [0.1, 0.15) is 0 Å². The molecule has 0 radical (unpaired) electrons. The molecule has 0 fully saturated rings. The molecule has 10 heavy (non-hydrogen) atoms. The van der Waals surface area contributed by atoms with E-state index in [1.165, 1.54) is 0 Å². The van der Waals surface area contributed by atoms with Crippen LogP contribution < -0.4 is 0 Å². The summed E-state index contributed by atoms with van der Waals surface area (Å²) >= 11 is 2.87. The van der Waals surface area contributed by atoms with Crippen LogP contribution in [-0.4, -0.2) is 23.9 Å². The van der Waals surface area contributed by atoms with Crippen molar-refractivity contribution >= 4 is 21.8 Å². The number of carbonyl (C=O) groups is 1. The van der Waals surface area contributed by atoms with Gasteiger partial charge >= 0.3 is 0 Å². The monoisotopic (exact) mass is 199 g/mol. The van der Waals surface area contributed by atoms with Crippen molar-refractivity contribution in [2.75, 3.05) is 13.1 Å².